The minimum atomic E-state index is -3.35. The number of sulfonamides is 1. The molecule has 0 fully saturated rings. The maximum Gasteiger partial charge on any atom is 0.303 e. The molecule has 0 aliphatic heterocycles. The first-order chi connectivity index (χ1) is 15.5. The van der Waals surface area contributed by atoms with E-state index >= 15 is 0 Å². The van der Waals surface area contributed by atoms with Crippen LogP contribution in [-0.2, 0) is 27.8 Å². The van der Waals surface area contributed by atoms with Crippen molar-refractivity contribution >= 4 is 21.7 Å². The zero-order chi connectivity index (χ0) is 24.2. The Kier molecular flexibility index (Phi) is 7.38. The molecule has 0 radical (unpaired) electrons. The Hall–Kier alpha value is -3.39. The molecular weight excluding hydrogens is 440 g/mol. The highest BCUT2D eigenvalue weighted by Crippen LogP contribution is 2.31. The van der Waals surface area contributed by atoms with E-state index in [1.165, 1.54) is 17.6 Å². The lowest BCUT2D eigenvalue weighted by atomic mass is 9.98. The van der Waals surface area contributed by atoms with Gasteiger partial charge in [-0.3, -0.25) is 9.10 Å². The predicted molar refractivity (Wildman–Crippen MR) is 129 cm³/mol. The van der Waals surface area contributed by atoms with Crippen molar-refractivity contribution in [3.05, 3.63) is 76.9 Å². The molecule has 0 bridgehead atoms. The molecule has 0 spiro atoms. The number of carboxylic acid groups (broad SMARTS) is 1. The average Bonchev–Trinajstić information content (AvgIpc) is 2.75. The van der Waals surface area contributed by atoms with Gasteiger partial charge >= 0.3 is 5.97 Å². The van der Waals surface area contributed by atoms with Gasteiger partial charge in [0.1, 0.15) is 6.61 Å². The van der Waals surface area contributed by atoms with Crippen LogP contribution in [0.25, 0.3) is 11.3 Å². The van der Waals surface area contributed by atoms with Gasteiger partial charge in [0, 0.05) is 25.1 Å². The van der Waals surface area contributed by atoms with E-state index in [4.69, 9.17) is 9.84 Å². The number of anilines is 1. The number of pyridine rings is 1. The molecule has 0 aliphatic rings. The minimum Gasteiger partial charge on any atom is -0.481 e. The molecule has 1 N–H and O–H groups in total. The standard InChI is InChI=1S/C25H28N2O5S/c1-17-14-21(27(3)33(4,30)31)15-18(2)25(17)22-6-5-7-23(26-22)32-16-20-10-8-19(9-11-20)12-13-24(28)29/h5-11,14-15H,12-13,16H2,1-4H3,(H,28,29). The largest absolute Gasteiger partial charge is 0.481 e. The van der Waals surface area contributed by atoms with Crippen LogP contribution in [0.1, 0.15) is 28.7 Å². The molecular formula is C25H28N2O5S. The molecule has 174 valence electrons. The number of aromatic nitrogens is 1. The highest BCUT2D eigenvalue weighted by atomic mass is 32.2. The third kappa shape index (κ3) is 6.32. The molecule has 0 unspecified atom stereocenters. The van der Waals surface area contributed by atoms with Crippen molar-refractivity contribution in [2.75, 3.05) is 17.6 Å². The molecule has 0 atom stereocenters. The van der Waals surface area contributed by atoms with Crippen LogP contribution in [0.2, 0.25) is 0 Å². The van der Waals surface area contributed by atoms with E-state index in [2.05, 4.69) is 4.98 Å². The average molecular weight is 469 g/mol. The van der Waals surface area contributed by atoms with Gasteiger partial charge in [0.05, 0.1) is 17.6 Å². The molecule has 33 heavy (non-hydrogen) atoms. The number of carbonyl (C=O) groups is 1. The molecule has 7 nitrogen and oxygen atoms in total. The Morgan fingerprint density at radius 2 is 1.64 bits per heavy atom. The zero-order valence-electron chi connectivity index (χ0n) is 19.2. The van der Waals surface area contributed by atoms with Gasteiger partial charge in [0.2, 0.25) is 15.9 Å². The lowest BCUT2D eigenvalue weighted by Crippen LogP contribution is -2.25. The van der Waals surface area contributed by atoms with Gasteiger partial charge in [-0.25, -0.2) is 13.4 Å². The fourth-order valence-electron chi connectivity index (χ4n) is 3.56. The van der Waals surface area contributed by atoms with Crippen LogP contribution in [0.5, 0.6) is 5.88 Å². The second kappa shape index (κ2) is 10.0. The Balaban J connectivity index is 1.75. The Labute approximate surface area is 194 Å². The maximum absolute atomic E-state index is 11.9. The monoisotopic (exact) mass is 468 g/mol. The van der Waals surface area contributed by atoms with Gasteiger partial charge in [-0.05, 0) is 60.7 Å². The summed E-state index contributed by atoms with van der Waals surface area (Å²) >= 11 is 0. The van der Waals surface area contributed by atoms with E-state index in [0.717, 1.165) is 33.5 Å². The van der Waals surface area contributed by atoms with Crippen molar-refractivity contribution < 1.29 is 23.1 Å². The quantitative estimate of drug-likeness (QED) is 0.501. The first-order valence-electron chi connectivity index (χ1n) is 10.5. The van der Waals surface area contributed by atoms with E-state index in [-0.39, 0.29) is 6.42 Å². The van der Waals surface area contributed by atoms with E-state index in [0.29, 0.717) is 24.6 Å². The molecule has 0 saturated carbocycles. The SMILES string of the molecule is Cc1cc(N(C)S(C)(=O)=O)cc(C)c1-c1cccc(OCc2ccc(CCC(=O)O)cc2)n1. The van der Waals surface area contributed by atoms with Crippen molar-refractivity contribution in [2.45, 2.75) is 33.3 Å². The van der Waals surface area contributed by atoms with Gasteiger partial charge in [-0.15, -0.1) is 0 Å². The Morgan fingerprint density at radius 3 is 2.21 bits per heavy atom. The first-order valence-corrected chi connectivity index (χ1v) is 12.3. The van der Waals surface area contributed by atoms with Crippen molar-refractivity contribution in [3.8, 4) is 17.1 Å². The summed E-state index contributed by atoms with van der Waals surface area (Å²) < 4.78 is 30.9. The number of nitrogens with zero attached hydrogens (tertiary/aromatic N) is 2. The van der Waals surface area contributed by atoms with E-state index in [1.54, 1.807) is 6.07 Å². The molecule has 0 aliphatic carbocycles. The highest BCUT2D eigenvalue weighted by Gasteiger charge is 2.16. The Bertz CT molecular complexity index is 1230. The summed E-state index contributed by atoms with van der Waals surface area (Å²) in [5.74, 6) is -0.325. The van der Waals surface area contributed by atoms with Crippen molar-refractivity contribution in [1.29, 1.82) is 0 Å². The van der Waals surface area contributed by atoms with Crippen LogP contribution >= 0.6 is 0 Å². The van der Waals surface area contributed by atoms with Crippen LogP contribution in [-0.4, -0.2) is 37.8 Å². The number of aryl methyl sites for hydroxylation is 3. The van der Waals surface area contributed by atoms with E-state index in [1.807, 2.05) is 62.4 Å². The predicted octanol–water partition coefficient (Wildman–Crippen LogP) is 4.36. The minimum absolute atomic E-state index is 0.108. The van der Waals surface area contributed by atoms with Gasteiger partial charge in [0.15, 0.2) is 0 Å². The first kappa shape index (κ1) is 24.3. The lowest BCUT2D eigenvalue weighted by molar-refractivity contribution is -0.136. The summed E-state index contributed by atoms with van der Waals surface area (Å²) in [6.45, 7) is 4.21. The molecule has 2 aromatic carbocycles. The molecule has 3 rings (SSSR count). The number of hydrogen-bond acceptors (Lipinski definition) is 5. The molecule has 0 amide bonds. The lowest BCUT2D eigenvalue weighted by Gasteiger charge is -2.20. The molecule has 3 aromatic rings. The summed E-state index contributed by atoms with van der Waals surface area (Å²) in [6, 6.07) is 16.9. The van der Waals surface area contributed by atoms with Crippen LogP contribution in [0.4, 0.5) is 5.69 Å². The van der Waals surface area contributed by atoms with Crippen LogP contribution in [0.3, 0.4) is 0 Å². The number of ether oxygens (including phenoxy) is 1. The van der Waals surface area contributed by atoms with Crippen LogP contribution in [0.15, 0.2) is 54.6 Å². The van der Waals surface area contributed by atoms with Crippen molar-refractivity contribution in [2.24, 2.45) is 0 Å². The topological polar surface area (TPSA) is 96.8 Å². The number of carboxylic acids is 1. The maximum atomic E-state index is 11.9. The normalized spacial score (nSPS) is 11.3. The second-order valence-corrected chi connectivity index (χ2v) is 10.1. The van der Waals surface area contributed by atoms with E-state index in [9.17, 15) is 13.2 Å². The number of hydrogen-bond donors (Lipinski definition) is 1. The number of aliphatic carboxylic acids is 1. The summed E-state index contributed by atoms with van der Waals surface area (Å²) in [6.07, 6.45) is 1.78. The fourth-order valence-corrected chi connectivity index (χ4v) is 4.05. The van der Waals surface area contributed by atoms with Gasteiger partial charge in [-0.2, -0.15) is 0 Å². The fraction of sp³-hybridized carbons (Fsp3) is 0.280. The van der Waals surface area contributed by atoms with Gasteiger partial charge in [-0.1, -0.05) is 30.3 Å². The summed E-state index contributed by atoms with van der Waals surface area (Å²) in [5.41, 5.74) is 6.06. The number of benzene rings is 2. The van der Waals surface area contributed by atoms with Crippen molar-refractivity contribution in [3.63, 3.8) is 0 Å². The smallest absolute Gasteiger partial charge is 0.303 e. The van der Waals surface area contributed by atoms with Gasteiger partial charge in [0.25, 0.3) is 0 Å². The zero-order valence-corrected chi connectivity index (χ0v) is 20.0. The molecule has 0 saturated heterocycles. The highest BCUT2D eigenvalue weighted by molar-refractivity contribution is 7.92. The summed E-state index contributed by atoms with van der Waals surface area (Å²) in [7, 11) is -1.81. The molecule has 1 heterocycles. The summed E-state index contributed by atoms with van der Waals surface area (Å²) in [5, 5.41) is 8.80. The number of rotatable bonds is 9. The molecule has 1 aromatic heterocycles. The summed E-state index contributed by atoms with van der Waals surface area (Å²) in [4.78, 5) is 15.4. The second-order valence-electron chi connectivity index (χ2n) is 8.05. The third-order valence-corrected chi connectivity index (χ3v) is 6.60. The molecule has 8 heteroatoms. The van der Waals surface area contributed by atoms with Crippen LogP contribution < -0.4 is 9.04 Å². The Morgan fingerprint density at radius 1 is 1.03 bits per heavy atom. The third-order valence-electron chi connectivity index (χ3n) is 5.40. The van der Waals surface area contributed by atoms with Gasteiger partial charge < -0.3 is 9.84 Å². The van der Waals surface area contributed by atoms with Crippen molar-refractivity contribution in [1.82, 2.24) is 4.98 Å². The van der Waals surface area contributed by atoms with E-state index < -0.39 is 16.0 Å². The van der Waals surface area contributed by atoms with Crippen LogP contribution in [0, 0.1) is 13.8 Å².